The lowest BCUT2D eigenvalue weighted by Crippen LogP contribution is -2.34. The number of ketones is 1. The number of hydrogen-bond donors (Lipinski definition) is 1. The summed E-state index contributed by atoms with van der Waals surface area (Å²) in [5.74, 6) is 1.05. The van der Waals surface area contributed by atoms with Crippen LogP contribution >= 0.6 is 0 Å². The summed E-state index contributed by atoms with van der Waals surface area (Å²) in [7, 11) is 2.07. The highest BCUT2D eigenvalue weighted by atomic mass is 16.1. The Morgan fingerprint density at radius 2 is 2.21 bits per heavy atom. The van der Waals surface area contributed by atoms with Gasteiger partial charge in [0.15, 0.2) is 0 Å². The van der Waals surface area contributed by atoms with E-state index in [4.69, 9.17) is 5.73 Å². The molecule has 1 heterocycles. The van der Waals surface area contributed by atoms with Gasteiger partial charge in [0.05, 0.1) is 0 Å². The molecule has 0 aromatic rings. The molecular weight excluding hydrogens is 176 g/mol. The maximum atomic E-state index is 12.1. The lowest BCUT2D eigenvalue weighted by molar-refractivity contribution is -0.127. The topological polar surface area (TPSA) is 46.3 Å². The van der Waals surface area contributed by atoms with Gasteiger partial charge >= 0.3 is 0 Å². The summed E-state index contributed by atoms with van der Waals surface area (Å²) in [5, 5.41) is 0. The molecule has 82 valence electrons. The molecule has 14 heavy (non-hydrogen) atoms. The Kier molecular flexibility index (Phi) is 4.08. The van der Waals surface area contributed by atoms with Gasteiger partial charge in [0, 0.05) is 24.9 Å². The van der Waals surface area contributed by atoms with Gasteiger partial charge in [-0.3, -0.25) is 4.79 Å². The van der Waals surface area contributed by atoms with E-state index < -0.39 is 0 Å². The van der Waals surface area contributed by atoms with Crippen LogP contribution in [-0.2, 0) is 4.79 Å². The molecule has 1 saturated heterocycles. The Bertz CT molecular complexity index is 203. The highest BCUT2D eigenvalue weighted by Crippen LogP contribution is 2.22. The largest absolute Gasteiger partial charge is 0.330 e. The molecule has 1 rings (SSSR count). The van der Waals surface area contributed by atoms with Crippen LogP contribution in [-0.4, -0.2) is 37.4 Å². The minimum absolute atomic E-state index is 0.0616. The van der Waals surface area contributed by atoms with Crippen LogP contribution < -0.4 is 5.73 Å². The Hall–Kier alpha value is -0.410. The molecule has 0 aromatic heterocycles. The summed E-state index contributed by atoms with van der Waals surface area (Å²) in [5.41, 5.74) is 5.64. The normalized spacial score (nSPS) is 25.6. The fourth-order valence-electron chi connectivity index (χ4n) is 2.19. The SMILES string of the molecule is CC(C)C(CN)C(=O)C1CCN(C)C1. The Balaban J connectivity index is 2.55. The molecule has 2 atom stereocenters. The van der Waals surface area contributed by atoms with Crippen molar-refractivity contribution in [1.82, 2.24) is 4.90 Å². The molecule has 0 bridgehead atoms. The minimum Gasteiger partial charge on any atom is -0.330 e. The zero-order chi connectivity index (χ0) is 10.7. The van der Waals surface area contributed by atoms with Gasteiger partial charge in [-0.25, -0.2) is 0 Å². The van der Waals surface area contributed by atoms with Crippen LogP contribution in [0.25, 0.3) is 0 Å². The Morgan fingerprint density at radius 1 is 1.57 bits per heavy atom. The summed E-state index contributed by atoms with van der Waals surface area (Å²) in [4.78, 5) is 14.3. The van der Waals surface area contributed by atoms with Gasteiger partial charge in [-0.05, 0) is 25.9 Å². The number of carbonyl (C=O) groups excluding carboxylic acids is 1. The standard InChI is InChI=1S/C11H22N2O/c1-8(2)10(6-12)11(14)9-4-5-13(3)7-9/h8-10H,4-7,12H2,1-3H3. The molecule has 1 fully saturated rings. The van der Waals surface area contributed by atoms with E-state index in [1.54, 1.807) is 0 Å². The quantitative estimate of drug-likeness (QED) is 0.724. The zero-order valence-corrected chi connectivity index (χ0v) is 9.49. The van der Waals surface area contributed by atoms with Crippen molar-refractivity contribution in [2.45, 2.75) is 20.3 Å². The van der Waals surface area contributed by atoms with E-state index in [2.05, 4.69) is 25.8 Å². The van der Waals surface area contributed by atoms with E-state index in [1.165, 1.54) is 0 Å². The molecule has 0 aliphatic carbocycles. The average molecular weight is 198 g/mol. The lowest BCUT2D eigenvalue weighted by Gasteiger charge is -2.21. The fraction of sp³-hybridized carbons (Fsp3) is 0.909. The summed E-state index contributed by atoms with van der Waals surface area (Å²) < 4.78 is 0. The summed E-state index contributed by atoms with van der Waals surface area (Å²) >= 11 is 0. The number of nitrogens with zero attached hydrogens (tertiary/aromatic N) is 1. The number of hydrogen-bond acceptors (Lipinski definition) is 3. The number of nitrogens with two attached hydrogens (primary N) is 1. The maximum Gasteiger partial charge on any atom is 0.141 e. The molecule has 0 saturated carbocycles. The number of carbonyl (C=O) groups is 1. The molecule has 0 spiro atoms. The van der Waals surface area contributed by atoms with Gasteiger partial charge in [-0.1, -0.05) is 13.8 Å². The molecule has 1 aliphatic rings. The number of rotatable bonds is 4. The first-order valence-corrected chi connectivity index (χ1v) is 5.48. The van der Waals surface area contributed by atoms with Crippen molar-refractivity contribution in [2.75, 3.05) is 26.7 Å². The van der Waals surface area contributed by atoms with Crippen LogP contribution in [0.15, 0.2) is 0 Å². The molecule has 1 aliphatic heterocycles. The van der Waals surface area contributed by atoms with E-state index in [0.717, 1.165) is 19.5 Å². The van der Waals surface area contributed by atoms with Crippen LogP contribution in [0.1, 0.15) is 20.3 Å². The van der Waals surface area contributed by atoms with Gasteiger partial charge < -0.3 is 10.6 Å². The van der Waals surface area contributed by atoms with Gasteiger partial charge in [0.25, 0.3) is 0 Å². The molecule has 3 nitrogen and oxygen atoms in total. The van der Waals surface area contributed by atoms with Crippen LogP contribution in [0.4, 0.5) is 0 Å². The van der Waals surface area contributed by atoms with Gasteiger partial charge in [-0.15, -0.1) is 0 Å². The van der Waals surface area contributed by atoms with E-state index in [9.17, 15) is 4.79 Å². The first-order chi connectivity index (χ1) is 6.56. The molecule has 3 heteroatoms. The van der Waals surface area contributed by atoms with Crippen molar-refractivity contribution in [2.24, 2.45) is 23.5 Å². The Morgan fingerprint density at radius 3 is 2.57 bits per heavy atom. The molecule has 0 radical (unpaired) electrons. The van der Waals surface area contributed by atoms with Gasteiger partial charge in [0.1, 0.15) is 5.78 Å². The second-order valence-corrected chi connectivity index (χ2v) is 4.74. The predicted octanol–water partition coefficient (Wildman–Crippen LogP) is 0.738. The summed E-state index contributed by atoms with van der Waals surface area (Å²) in [6.07, 6.45) is 1.01. The van der Waals surface area contributed by atoms with Crippen molar-refractivity contribution in [3.63, 3.8) is 0 Å². The average Bonchev–Trinajstić information content (AvgIpc) is 2.52. The summed E-state index contributed by atoms with van der Waals surface area (Å²) in [6.45, 7) is 6.62. The van der Waals surface area contributed by atoms with Crippen molar-refractivity contribution >= 4 is 5.78 Å². The highest BCUT2D eigenvalue weighted by Gasteiger charge is 2.31. The zero-order valence-electron chi connectivity index (χ0n) is 9.49. The predicted molar refractivity (Wildman–Crippen MR) is 58.0 cm³/mol. The van der Waals surface area contributed by atoms with Crippen LogP contribution in [0.2, 0.25) is 0 Å². The molecule has 0 aromatic carbocycles. The second-order valence-electron chi connectivity index (χ2n) is 4.74. The molecule has 2 unspecified atom stereocenters. The third kappa shape index (κ3) is 2.55. The molecular formula is C11H22N2O. The third-order valence-corrected chi connectivity index (χ3v) is 3.22. The smallest absolute Gasteiger partial charge is 0.141 e. The van der Waals surface area contributed by atoms with Crippen molar-refractivity contribution in [3.05, 3.63) is 0 Å². The second kappa shape index (κ2) is 4.89. The van der Waals surface area contributed by atoms with Crippen molar-refractivity contribution in [3.8, 4) is 0 Å². The first-order valence-electron chi connectivity index (χ1n) is 5.48. The first kappa shape index (κ1) is 11.7. The van der Waals surface area contributed by atoms with E-state index in [0.29, 0.717) is 18.2 Å². The number of Topliss-reactive ketones (excluding diaryl/α,β-unsaturated/α-hetero) is 1. The van der Waals surface area contributed by atoms with Crippen LogP contribution in [0.3, 0.4) is 0 Å². The lowest BCUT2D eigenvalue weighted by atomic mass is 9.84. The molecule has 2 N–H and O–H groups in total. The van der Waals surface area contributed by atoms with E-state index >= 15 is 0 Å². The van der Waals surface area contributed by atoms with Crippen molar-refractivity contribution < 1.29 is 4.79 Å². The van der Waals surface area contributed by atoms with Crippen LogP contribution in [0, 0.1) is 17.8 Å². The maximum absolute atomic E-state index is 12.1. The van der Waals surface area contributed by atoms with Gasteiger partial charge in [-0.2, -0.15) is 0 Å². The monoisotopic (exact) mass is 198 g/mol. The highest BCUT2D eigenvalue weighted by molar-refractivity contribution is 5.84. The fourth-order valence-corrected chi connectivity index (χ4v) is 2.19. The summed E-state index contributed by atoms with van der Waals surface area (Å²) in [6, 6.07) is 0. The van der Waals surface area contributed by atoms with E-state index in [1.807, 2.05) is 0 Å². The minimum atomic E-state index is 0.0616. The van der Waals surface area contributed by atoms with Crippen LogP contribution in [0.5, 0.6) is 0 Å². The Labute approximate surface area is 86.6 Å². The van der Waals surface area contributed by atoms with Crippen molar-refractivity contribution in [1.29, 1.82) is 0 Å². The number of likely N-dealkylation sites (tertiary alicyclic amines) is 1. The third-order valence-electron chi connectivity index (χ3n) is 3.22. The van der Waals surface area contributed by atoms with Gasteiger partial charge in [0.2, 0.25) is 0 Å². The van der Waals surface area contributed by atoms with E-state index in [-0.39, 0.29) is 11.8 Å². The molecule has 0 amide bonds.